The number of hydrogen-bond acceptors (Lipinski definition) is 3. The van der Waals surface area contributed by atoms with Crippen molar-refractivity contribution in [3.8, 4) is 0 Å². The van der Waals surface area contributed by atoms with Gasteiger partial charge in [-0.3, -0.25) is 4.79 Å². The van der Waals surface area contributed by atoms with Crippen molar-refractivity contribution >= 4 is 17.6 Å². The zero-order valence-corrected chi connectivity index (χ0v) is 13.8. The largest absolute Gasteiger partial charge is 0.395 e. The number of urea groups is 1. The molecule has 1 fully saturated rings. The standard InChI is InChI=1S/C17H25N3O3/c1-12-4-3-8-20(11-12)16(22)14-5-6-15(13(2)10-14)19-17(23)18-7-9-21/h5-6,10,12,21H,3-4,7-9,11H2,1-2H3,(H2,18,19,23)/t12-/m0/s1. The molecule has 1 aliphatic rings. The van der Waals surface area contributed by atoms with Crippen LogP contribution in [0.4, 0.5) is 10.5 Å². The minimum atomic E-state index is -0.369. The van der Waals surface area contributed by atoms with Crippen molar-refractivity contribution in [2.45, 2.75) is 26.7 Å². The van der Waals surface area contributed by atoms with Crippen molar-refractivity contribution in [3.63, 3.8) is 0 Å². The lowest BCUT2D eigenvalue weighted by molar-refractivity contribution is 0.0683. The molecule has 0 saturated carbocycles. The first kappa shape index (κ1) is 17.3. The van der Waals surface area contributed by atoms with Crippen molar-refractivity contribution < 1.29 is 14.7 Å². The Morgan fingerprint density at radius 3 is 2.83 bits per heavy atom. The Hall–Kier alpha value is -2.08. The number of nitrogens with zero attached hydrogens (tertiary/aromatic N) is 1. The normalized spacial score (nSPS) is 17.7. The number of aliphatic hydroxyl groups is 1. The van der Waals surface area contributed by atoms with Crippen molar-refractivity contribution in [2.75, 3.05) is 31.6 Å². The van der Waals surface area contributed by atoms with Gasteiger partial charge in [0.15, 0.2) is 0 Å². The lowest BCUT2D eigenvalue weighted by Crippen LogP contribution is -2.39. The summed E-state index contributed by atoms with van der Waals surface area (Å²) in [6.45, 7) is 5.75. The minimum Gasteiger partial charge on any atom is -0.395 e. The number of nitrogens with one attached hydrogen (secondary N) is 2. The van der Waals surface area contributed by atoms with Crippen LogP contribution in [0, 0.1) is 12.8 Å². The van der Waals surface area contributed by atoms with Crippen LogP contribution in [0.5, 0.6) is 0 Å². The van der Waals surface area contributed by atoms with Crippen molar-refractivity contribution in [1.29, 1.82) is 0 Å². The van der Waals surface area contributed by atoms with E-state index < -0.39 is 0 Å². The van der Waals surface area contributed by atoms with Gasteiger partial charge in [0.2, 0.25) is 0 Å². The Bertz CT molecular complexity index is 574. The van der Waals surface area contributed by atoms with E-state index in [1.165, 1.54) is 6.42 Å². The van der Waals surface area contributed by atoms with Gasteiger partial charge >= 0.3 is 6.03 Å². The molecule has 6 nitrogen and oxygen atoms in total. The second-order valence-electron chi connectivity index (χ2n) is 6.13. The molecule has 6 heteroatoms. The maximum Gasteiger partial charge on any atom is 0.319 e. The van der Waals surface area contributed by atoms with E-state index in [0.717, 1.165) is 25.1 Å². The van der Waals surface area contributed by atoms with Crippen LogP contribution < -0.4 is 10.6 Å². The quantitative estimate of drug-likeness (QED) is 0.794. The second kappa shape index (κ2) is 7.97. The molecule has 1 aromatic rings. The highest BCUT2D eigenvalue weighted by Crippen LogP contribution is 2.21. The molecular formula is C17H25N3O3. The van der Waals surface area contributed by atoms with Crippen LogP contribution in [0.25, 0.3) is 0 Å². The number of carbonyl (C=O) groups excluding carboxylic acids is 2. The molecule has 0 aliphatic carbocycles. The summed E-state index contributed by atoms with van der Waals surface area (Å²) in [6, 6.07) is 4.93. The van der Waals surface area contributed by atoms with Crippen molar-refractivity contribution in [3.05, 3.63) is 29.3 Å². The lowest BCUT2D eigenvalue weighted by Gasteiger charge is -2.31. The summed E-state index contributed by atoms with van der Waals surface area (Å²) in [6.07, 6.45) is 2.23. The second-order valence-corrected chi connectivity index (χ2v) is 6.13. The topological polar surface area (TPSA) is 81.7 Å². The summed E-state index contributed by atoms with van der Waals surface area (Å²) >= 11 is 0. The number of amides is 3. The van der Waals surface area contributed by atoms with Crippen LogP contribution in [0.3, 0.4) is 0 Å². The fourth-order valence-electron chi connectivity index (χ4n) is 2.83. The van der Waals surface area contributed by atoms with Crippen LogP contribution in [0.1, 0.15) is 35.7 Å². The smallest absolute Gasteiger partial charge is 0.319 e. The molecule has 3 N–H and O–H groups in total. The third-order valence-electron chi connectivity index (χ3n) is 4.06. The SMILES string of the molecule is Cc1cc(C(=O)N2CCC[C@H](C)C2)ccc1NC(=O)NCCO. The molecule has 1 aliphatic heterocycles. The van der Waals surface area contributed by atoms with E-state index in [1.54, 1.807) is 12.1 Å². The van der Waals surface area contributed by atoms with Crippen LogP contribution in [0.2, 0.25) is 0 Å². The zero-order chi connectivity index (χ0) is 16.8. The van der Waals surface area contributed by atoms with E-state index >= 15 is 0 Å². The molecule has 23 heavy (non-hydrogen) atoms. The van der Waals surface area contributed by atoms with E-state index in [-0.39, 0.29) is 25.1 Å². The van der Waals surface area contributed by atoms with Gasteiger partial charge in [-0.2, -0.15) is 0 Å². The molecule has 0 aromatic heterocycles. The predicted octanol–water partition coefficient (Wildman–Crippen LogP) is 1.98. The fraction of sp³-hybridized carbons (Fsp3) is 0.529. The third-order valence-corrected chi connectivity index (χ3v) is 4.06. The Morgan fingerprint density at radius 1 is 1.39 bits per heavy atom. The first-order valence-electron chi connectivity index (χ1n) is 8.07. The molecule has 0 unspecified atom stereocenters. The van der Waals surface area contributed by atoms with Gasteiger partial charge in [0.1, 0.15) is 0 Å². The number of carbonyl (C=O) groups is 2. The van der Waals surface area contributed by atoms with E-state index in [4.69, 9.17) is 5.11 Å². The monoisotopic (exact) mass is 319 g/mol. The number of piperidine rings is 1. The van der Waals surface area contributed by atoms with Gasteiger partial charge in [0.25, 0.3) is 5.91 Å². The first-order chi connectivity index (χ1) is 11.0. The van der Waals surface area contributed by atoms with Gasteiger partial charge in [-0.05, 0) is 49.4 Å². The summed E-state index contributed by atoms with van der Waals surface area (Å²) in [5.41, 5.74) is 2.14. The van der Waals surface area contributed by atoms with Gasteiger partial charge in [0, 0.05) is 30.9 Å². The minimum absolute atomic E-state index is 0.0518. The van der Waals surface area contributed by atoms with Crippen LogP contribution >= 0.6 is 0 Å². The molecular weight excluding hydrogens is 294 g/mol. The molecule has 1 saturated heterocycles. The Balaban J connectivity index is 2.03. The number of aliphatic hydroxyl groups excluding tert-OH is 1. The molecule has 0 bridgehead atoms. The molecule has 0 spiro atoms. The molecule has 1 aromatic carbocycles. The Kier molecular flexibility index (Phi) is 5.98. The fourth-order valence-corrected chi connectivity index (χ4v) is 2.83. The van der Waals surface area contributed by atoms with Crippen LogP contribution in [-0.4, -0.2) is 48.2 Å². The van der Waals surface area contributed by atoms with E-state index in [2.05, 4.69) is 17.6 Å². The van der Waals surface area contributed by atoms with Gasteiger partial charge in [-0.15, -0.1) is 0 Å². The van der Waals surface area contributed by atoms with Gasteiger partial charge in [-0.25, -0.2) is 4.79 Å². The van der Waals surface area contributed by atoms with Crippen LogP contribution in [-0.2, 0) is 0 Å². The lowest BCUT2D eigenvalue weighted by atomic mass is 9.99. The maximum absolute atomic E-state index is 12.6. The van der Waals surface area contributed by atoms with E-state index in [9.17, 15) is 9.59 Å². The molecule has 3 amide bonds. The summed E-state index contributed by atoms with van der Waals surface area (Å²) in [5, 5.41) is 13.9. The molecule has 0 radical (unpaired) electrons. The average Bonchev–Trinajstić information content (AvgIpc) is 2.54. The van der Waals surface area contributed by atoms with Gasteiger partial charge in [0.05, 0.1) is 6.61 Å². The van der Waals surface area contributed by atoms with E-state index in [0.29, 0.717) is 17.2 Å². The highest BCUT2D eigenvalue weighted by molar-refractivity contribution is 5.96. The predicted molar refractivity (Wildman–Crippen MR) is 89.6 cm³/mol. The number of hydrogen-bond donors (Lipinski definition) is 3. The first-order valence-corrected chi connectivity index (χ1v) is 8.07. The summed E-state index contributed by atoms with van der Waals surface area (Å²) in [4.78, 5) is 26.1. The summed E-state index contributed by atoms with van der Waals surface area (Å²) < 4.78 is 0. The van der Waals surface area contributed by atoms with Crippen molar-refractivity contribution in [1.82, 2.24) is 10.2 Å². The maximum atomic E-state index is 12.6. The highest BCUT2D eigenvalue weighted by atomic mass is 16.3. The average molecular weight is 319 g/mol. The number of benzene rings is 1. The molecule has 126 valence electrons. The third kappa shape index (κ3) is 4.69. The van der Waals surface area contributed by atoms with Gasteiger partial charge < -0.3 is 20.6 Å². The van der Waals surface area contributed by atoms with Gasteiger partial charge in [-0.1, -0.05) is 6.92 Å². The number of rotatable bonds is 4. The van der Waals surface area contributed by atoms with Crippen molar-refractivity contribution in [2.24, 2.45) is 5.92 Å². The summed E-state index contributed by atoms with van der Waals surface area (Å²) in [7, 11) is 0. The summed E-state index contributed by atoms with van der Waals surface area (Å²) in [5.74, 6) is 0.598. The highest BCUT2D eigenvalue weighted by Gasteiger charge is 2.22. The van der Waals surface area contributed by atoms with Crippen LogP contribution in [0.15, 0.2) is 18.2 Å². The molecule has 1 heterocycles. The Morgan fingerprint density at radius 2 is 2.17 bits per heavy atom. The number of aryl methyl sites for hydroxylation is 1. The molecule has 1 atom stereocenters. The molecule has 2 rings (SSSR count). The van der Waals surface area contributed by atoms with E-state index in [1.807, 2.05) is 17.9 Å². The number of anilines is 1. The Labute approximate surface area is 136 Å². The zero-order valence-electron chi connectivity index (χ0n) is 13.8. The number of likely N-dealkylation sites (tertiary alicyclic amines) is 1.